The first-order chi connectivity index (χ1) is 19.8. The van der Waals surface area contributed by atoms with E-state index in [-0.39, 0.29) is 12.1 Å². The number of hydrogen-bond acceptors (Lipinski definition) is 10. The molecule has 10 nitrogen and oxygen atoms in total. The van der Waals surface area contributed by atoms with Gasteiger partial charge in [0.05, 0.1) is 99.1 Å². The molecule has 0 radical (unpaired) electrons. The number of rotatable bonds is 24. The van der Waals surface area contributed by atoms with Gasteiger partial charge in [0.2, 0.25) is 0 Å². The first kappa shape index (κ1) is 35.7. The van der Waals surface area contributed by atoms with Crippen LogP contribution < -0.4 is 10.6 Å². The number of ether oxygens (including phenoxy) is 7. The molecule has 1 unspecified atom stereocenters. The topological polar surface area (TPSA) is 114 Å². The fraction of sp³-hybridized carbons (Fsp3) is 0.806. The predicted molar refractivity (Wildman–Crippen MR) is 162 cm³/mol. The van der Waals surface area contributed by atoms with Crippen molar-refractivity contribution in [2.75, 3.05) is 116 Å². The number of benzene rings is 1. The maximum atomic E-state index is 8.60. The Morgan fingerprint density at radius 1 is 0.756 bits per heavy atom. The van der Waals surface area contributed by atoms with Crippen molar-refractivity contribution < 1.29 is 38.3 Å². The van der Waals surface area contributed by atoms with Gasteiger partial charge in [-0.2, -0.15) is 0 Å². The van der Waals surface area contributed by atoms with Crippen molar-refractivity contribution in [2.45, 2.75) is 52.5 Å². The summed E-state index contributed by atoms with van der Waals surface area (Å²) in [6, 6.07) is 4.48. The molecule has 1 aromatic carbocycles. The van der Waals surface area contributed by atoms with Crippen LogP contribution in [-0.4, -0.2) is 116 Å². The van der Waals surface area contributed by atoms with E-state index < -0.39 is 0 Å². The Kier molecular flexibility index (Phi) is 17.8. The zero-order valence-electron chi connectivity index (χ0n) is 26.2. The summed E-state index contributed by atoms with van der Waals surface area (Å²) in [4.78, 5) is 2.50. The van der Waals surface area contributed by atoms with Crippen LogP contribution >= 0.6 is 0 Å². The van der Waals surface area contributed by atoms with Crippen LogP contribution in [0.25, 0.3) is 0 Å². The monoisotopic (exact) mass is 584 g/mol. The Morgan fingerprint density at radius 2 is 1.17 bits per heavy atom. The van der Waals surface area contributed by atoms with Gasteiger partial charge in [0.25, 0.3) is 0 Å². The number of anilines is 2. The van der Waals surface area contributed by atoms with Crippen LogP contribution in [0, 0.1) is 5.92 Å². The molecule has 1 aliphatic heterocycles. The summed E-state index contributed by atoms with van der Waals surface area (Å²) in [5, 5.41) is 8.60. The van der Waals surface area contributed by atoms with Crippen LogP contribution in [0.3, 0.4) is 0 Å². The summed E-state index contributed by atoms with van der Waals surface area (Å²) >= 11 is 0. The molecule has 0 saturated heterocycles. The van der Waals surface area contributed by atoms with E-state index in [2.05, 4.69) is 51.7 Å². The van der Waals surface area contributed by atoms with E-state index in [0.717, 1.165) is 18.7 Å². The zero-order valence-corrected chi connectivity index (χ0v) is 26.2. The summed E-state index contributed by atoms with van der Waals surface area (Å²) in [5.41, 5.74) is 11.2. The molecule has 41 heavy (non-hydrogen) atoms. The SMILES string of the molecule is CC(C)c1cc2c(cc1N)CC(C)C(C)(C)N2CCOCCOCCOCCOCCOCCOCCOCCO. The highest BCUT2D eigenvalue weighted by Gasteiger charge is 2.38. The lowest BCUT2D eigenvalue weighted by Crippen LogP contribution is -2.54. The molecule has 1 aromatic rings. The smallest absolute Gasteiger partial charge is 0.0701 e. The van der Waals surface area contributed by atoms with E-state index in [0.29, 0.717) is 104 Å². The van der Waals surface area contributed by atoms with E-state index in [1.54, 1.807) is 0 Å². The first-order valence-electron chi connectivity index (χ1n) is 15.1. The van der Waals surface area contributed by atoms with Crippen LogP contribution in [-0.2, 0) is 39.6 Å². The molecule has 0 saturated carbocycles. The Hall–Kier alpha value is -1.50. The van der Waals surface area contributed by atoms with Crippen LogP contribution in [0.2, 0.25) is 0 Å². The lowest BCUT2D eigenvalue weighted by molar-refractivity contribution is -0.0213. The third kappa shape index (κ3) is 13.1. The molecule has 3 N–H and O–H groups in total. The van der Waals surface area contributed by atoms with Gasteiger partial charge in [0, 0.05) is 23.5 Å². The number of aliphatic hydroxyl groups excluding tert-OH is 1. The van der Waals surface area contributed by atoms with Crippen LogP contribution in [0.4, 0.5) is 11.4 Å². The Labute approximate surface area is 247 Å². The van der Waals surface area contributed by atoms with Crippen molar-refractivity contribution in [3.8, 4) is 0 Å². The number of nitrogen functional groups attached to an aromatic ring is 1. The van der Waals surface area contributed by atoms with E-state index in [1.807, 2.05) is 0 Å². The highest BCUT2D eigenvalue weighted by molar-refractivity contribution is 5.67. The van der Waals surface area contributed by atoms with Crippen molar-refractivity contribution >= 4 is 11.4 Å². The van der Waals surface area contributed by atoms with Crippen molar-refractivity contribution in [1.82, 2.24) is 0 Å². The van der Waals surface area contributed by atoms with Gasteiger partial charge in [0.15, 0.2) is 0 Å². The van der Waals surface area contributed by atoms with Crippen molar-refractivity contribution in [3.05, 3.63) is 23.3 Å². The summed E-state index contributed by atoms with van der Waals surface area (Å²) < 4.78 is 38.5. The maximum absolute atomic E-state index is 8.60. The van der Waals surface area contributed by atoms with Crippen LogP contribution in [0.1, 0.15) is 51.7 Å². The van der Waals surface area contributed by atoms with Gasteiger partial charge in [-0.15, -0.1) is 0 Å². The zero-order chi connectivity index (χ0) is 29.9. The van der Waals surface area contributed by atoms with Gasteiger partial charge in [-0.3, -0.25) is 0 Å². The summed E-state index contributed by atoms with van der Waals surface area (Å²) in [7, 11) is 0. The lowest BCUT2D eigenvalue weighted by Gasteiger charge is -2.49. The second-order valence-electron chi connectivity index (χ2n) is 11.2. The second kappa shape index (κ2) is 20.4. The fourth-order valence-corrected chi connectivity index (χ4v) is 4.79. The quantitative estimate of drug-likeness (QED) is 0.139. The molecular weight excluding hydrogens is 528 g/mol. The van der Waals surface area contributed by atoms with Gasteiger partial charge in [0.1, 0.15) is 0 Å². The molecule has 0 aliphatic carbocycles. The molecule has 0 bridgehead atoms. The molecule has 1 aliphatic rings. The van der Waals surface area contributed by atoms with E-state index in [9.17, 15) is 0 Å². The van der Waals surface area contributed by atoms with Crippen LogP contribution in [0.15, 0.2) is 12.1 Å². The average Bonchev–Trinajstić information content (AvgIpc) is 2.93. The Morgan fingerprint density at radius 3 is 1.59 bits per heavy atom. The Balaban J connectivity index is 1.46. The standard InChI is InChI=1S/C31H56N2O8/c1-25(2)28-24-30-27(23-29(28)32)22-26(3)31(4,5)33(30)6-8-35-10-12-37-14-16-39-18-20-41-21-19-40-17-15-38-13-11-36-9-7-34/h23-26,34H,6-22,32H2,1-5H3. The minimum absolute atomic E-state index is 0.0303. The van der Waals surface area contributed by atoms with Gasteiger partial charge >= 0.3 is 0 Å². The van der Waals surface area contributed by atoms with Gasteiger partial charge < -0.3 is 48.9 Å². The van der Waals surface area contributed by atoms with Crippen molar-refractivity contribution in [2.24, 2.45) is 5.92 Å². The average molecular weight is 585 g/mol. The highest BCUT2D eigenvalue weighted by Crippen LogP contribution is 2.42. The molecular formula is C31H56N2O8. The summed E-state index contributed by atoms with van der Waals surface area (Å²) in [6.45, 7) is 19.4. The number of hydrogen-bond donors (Lipinski definition) is 2. The van der Waals surface area contributed by atoms with Gasteiger partial charge in [-0.25, -0.2) is 0 Å². The van der Waals surface area contributed by atoms with Gasteiger partial charge in [-0.1, -0.05) is 20.8 Å². The van der Waals surface area contributed by atoms with Crippen LogP contribution in [0.5, 0.6) is 0 Å². The maximum Gasteiger partial charge on any atom is 0.0701 e. The minimum atomic E-state index is 0.0303. The number of aliphatic hydroxyl groups is 1. The van der Waals surface area contributed by atoms with E-state index >= 15 is 0 Å². The number of nitrogens with two attached hydrogens (primary N) is 1. The third-order valence-electron chi connectivity index (χ3n) is 7.55. The summed E-state index contributed by atoms with van der Waals surface area (Å²) in [6.07, 6.45) is 1.04. The molecule has 0 aromatic heterocycles. The number of fused-ring (bicyclic) bond motifs is 1. The third-order valence-corrected chi connectivity index (χ3v) is 7.55. The molecule has 1 atom stereocenters. The molecule has 0 fully saturated rings. The molecule has 0 amide bonds. The minimum Gasteiger partial charge on any atom is -0.398 e. The second-order valence-corrected chi connectivity index (χ2v) is 11.2. The van der Waals surface area contributed by atoms with Crippen molar-refractivity contribution in [3.63, 3.8) is 0 Å². The van der Waals surface area contributed by atoms with E-state index in [1.165, 1.54) is 16.8 Å². The van der Waals surface area contributed by atoms with E-state index in [4.69, 9.17) is 44.0 Å². The molecule has 2 rings (SSSR count). The number of nitrogens with zero attached hydrogens (tertiary/aromatic N) is 1. The normalized spacial score (nSPS) is 16.5. The molecule has 0 spiro atoms. The largest absolute Gasteiger partial charge is 0.398 e. The van der Waals surface area contributed by atoms with Gasteiger partial charge in [-0.05, 0) is 55.4 Å². The molecule has 238 valence electrons. The van der Waals surface area contributed by atoms with Crippen molar-refractivity contribution in [1.29, 1.82) is 0 Å². The summed E-state index contributed by atoms with van der Waals surface area (Å²) in [5.74, 6) is 0.905. The molecule has 10 heteroatoms. The fourth-order valence-electron chi connectivity index (χ4n) is 4.79. The highest BCUT2D eigenvalue weighted by atomic mass is 16.6. The Bertz CT molecular complexity index is 824. The lowest BCUT2D eigenvalue weighted by atomic mass is 9.77. The first-order valence-corrected chi connectivity index (χ1v) is 15.1. The predicted octanol–water partition coefficient (Wildman–Crippen LogP) is 3.28. The molecule has 1 heterocycles.